The Hall–Kier alpha value is -0.830. The Labute approximate surface area is 94.6 Å². The van der Waals surface area contributed by atoms with E-state index in [4.69, 9.17) is 0 Å². The molecule has 0 atom stereocenters. The van der Waals surface area contributed by atoms with Crippen LogP contribution in [-0.2, 0) is 0 Å². The van der Waals surface area contributed by atoms with Gasteiger partial charge in [0.2, 0.25) is 0 Å². The molecule has 0 aliphatic heterocycles. The van der Waals surface area contributed by atoms with Gasteiger partial charge in [-0.3, -0.25) is 0 Å². The normalized spacial score (nSPS) is 10.5. The Balaban J connectivity index is 0.000000653. The third-order valence-electron chi connectivity index (χ3n) is 2.43. The Bertz CT molecular complexity index is 346. The van der Waals surface area contributed by atoms with E-state index in [1.165, 1.54) is 22.3 Å². The largest absolute Gasteiger partial charge is 0.107 e. The van der Waals surface area contributed by atoms with Gasteiger partial charge >= 0.3 is 0 Å². The molecule has 2 aromatic carbocycles. The molecule has 1 aliphatic carbocycles. The smallest absolute Gasteiger partial charge is 0.00990 e. The standard InChI is InChI=1S/C12H8.HI/c1-2-6-10-9(5-1)11-7-3-4-8-12(10)11;/h1-8H;1H. The molecule has 0 radical (unpaired) electrons. The van der Waals surface area contributed by atoms with E-state index >= 15 is 0 Å². The lowest BCUT2D eigenvalue weighted by Crippen LogP contribution is -1.96. The average molecular weight is 280 g/mol. The van der Waals surface area contributed by atoms with Crippen LogP contribution in [0.4, 0.5) is 0 Å². The highest BCUT2D eigenvalue weighted by Gasteiger charge is 2.19. The Morgan fingerprint density at radius 2 is 0.692 bits per heavy atom. The number of rotatable bonds is 0. The van der Waals surface area contributed by atoms with Crippen LogP contribution in [-0.4, -0.2) is 0 Å². The lowest BCUT2D eigenvalue weighted by molar-refractivity contribution is 1.52. The minimum Gasteiger partial charge on any atom is -0.107 e. The summed E-state index contributed by atoms with van der Waals surface area (Å²) in [4.78, 5) is 0. The van der Waals surface area contributed by atoms with Crippen LogP contribution in [0.3, 0.4) is 0 Å². The van der Waals surface area contributed by atoms with Gasteiger partial charge in [-0.25, -0.2) is 0 Å². The van der Waals surface area contributed by atoms with Gasteiger partial charge in [-0.2, -0.15) is 0 Å². The summed E-state index contributed by atoms with van der Waals surface area (Å²) in [5.41, 5.74) is 5.59. The topological polar surface area (TPSA) is 0 Å². The number of benzene rings is 2. The molecule has 2 aromatic rings. The fraction of sp³-hybridized carbons (Fsp3) is 0. The molecule has 1 aliphatic rings. The summed E-state index contributed by atoms with van der Waals surface area (Å²) in [7, 11) is 0. The van der Waals surface area contributed by atoms with Crippen molar-refractivity contribution in [3.63, 3.8) is 0 Å². The molecule has 0 spiro atoms. The van der Waals surface area contributed by atoms with Crippen LogP contribution in [0.15, 0.2) is 48.5 Å². The highest BCUT2D eigenvalue weighted by molar-refractivity contribution is 14.0. The van der Waals surface area contributed by atoms with Gasteiger partial charge in [-0.1, -0.05) is 48.5 Å². The maximum Gasteiger partial charge on any atom is -0.00990 e. The molecule has 0 saturated heterocycles. The van der Waals surface area contributed by atoms with Gasteiger partial charge in [0.05, 0.1) is 0 Å². The Kier molecular flexibility index (Phi) is 2.12. The fourth-order valence-electron chi connectivity index (χ4n) is 1.84. The van der Waals surface area contributed by atoms with Crippen LogP contribution >= 0.6 is 24.0 Å². The molecule has 0 bridgehead atoms. The van der Waals surface area contributed by atoms with Gasteiger partial charge in [-0.15, -0.1) is 24.0 Å². The van der Waals surface area contributed by atoms with Crippen LogP contribution < -0.4 is 0 Å². The maximum atomic E-state index is 2.18. The Morgan fingerprint density at radius 3 is 0.923 bits per heavy atom. The van der Waals surface area contributed by atoms with Gasteiger partial charge in [0.25, 0.3) is 0 Å². The van der Waals surface area contributed by atoms with Crippen LogP contribution in [0.25, 0.3) is 22.3 Å². The van der Waals surface area contributed by atoms with Crippen molar-refractivity contribution in [1.29, 1.82) is 0 Å². The average Bonchev–Trinajstić information content (AvgIpc) is 2.14. The lowest BCUT2D eigenvalue weighted by Gasteiger charge is -2.22. The highest BCUT2D eigenvalue weighted by Crippen LogP contribution is 2.46. The van der Waals surface area contributed by atoms with E-state index < -0.39 is 0 Å². The lowest BCUT2D eigenvalue weighted by atomic mass is 9.81. The molecular weight excluding hydrogens is 271 g/mol. The predicted molar refractivity (Wildman–Crippen MR) is 66.3 cm³/mol. The highest BCUT2D eigenvalue weighted by atomic mass is 127. The van der Waals surface area contributed by atoms with Gasteiger partial charge in [0, 0.05) is 0 Å². The molecule has 0 fully saturated rings. The first-order valence-corrected chi connectivity index (χ1v) is 4.15. The van der Waals surface area contributed by atoms with Gasteiger partial charge in [-0.05, 0) is 22.3 Å². The molecule has 64 valence electrons. The van der Waals surface area contributed by atoms with Crippen LogP contribution in [0, 0.1) is 0 Å². The number of halogens is 1. The summed E-state index contributed by atoms with van der Waals surface area (Å²) in [6.07, 6.45) is 0. The predicted octanol–water partition coefficient (Wildman–Crippen LogP) is 3.95. The first-order chi connectivity index (χ1) is 5.97. The molecule has 0 nitrogen and oxygen atoms in total. The molecule has 0 aromatic heterocycles. The molecular formula is C12H9I. The van der Waals surface area contributed by atoms with Crippen molar-refractivity contribution in [2.24, 2.45) is 0 Å². The van der Waals surface area contributed by atoms with E-state index in [0.717, 1.165) is 0 Å². The third kappa shape index (κ3) is 1.10. The third-order valence-corrected chi connectivity index (χ3v) is 2.43. The van der Waals surface area contributed by atoms with E-state index in [0.29, 0.717) is 0 Å². The van der Waals surface area contributed by atoms with Crippen LogP contribution in [0.1, 0.15) is 0 Å². The zero-order chi connectivity index (χ0) is 7.97. The SMILES string of the molecule is I.c1ccc2c(c1)-c1ccccc1-2. The van der Waals surface area contributed by atoms with E-state index in [9.17, 15) is 0 Å². The van der Waals surface area contributed by atoms with Gasteiger partial charge in [0.15, 0.2) is 0 Å². The quantitative estimate of drug-likeness (QED) is 0.547. The second kappa shape index (κ2) is 3.14. The minimum atomic E-state index is 0. The zero-order valence-electron chi connectivity index (χ0n) is 7.03. The zero-order valence-corrected chi connectivity index (χ0v) is 9.36. The van der Waals surface area contributed by atoms with Gasteiger partial charge in [0.1, 0.15) is 0 Å². The van der Waals surface area contributed by atoms with E-state index in [-0.39, 0.29) is 24.0 Å². The molecule has 0 saturated carbocycles. The summed E-state index contributed by atoms with van der Waals surface area (Å²) in [5, 5.41) is 0. The molecule has 1 heteroatoms. The summed E-state index contributed by atoms with van der Waals surface area (Å²) < 4.78 is 0. The van der Waals surface area contributed by atoms with Gasteiger partial charge < -0.3 is 0 Å². The van der Waals surface area contributed by atoms with Crippen molar-refractivity contribution in [3.05, 3.63) is 48.5 Å². The summed E-state index contributed by atoms with van der Waals surface area (Å²) in [6.45, 7) is 0. The Morgan fingerprint density at radius 1 is 0.462 bits per heavy atom. The number of hydrogen-bond acceptors (Lipinski definition) is 0. The first-order valence-electron chi connectivity index (χ1n) is 4.15. The summed E-state index contributed by atoms with van der Waals surface area (Å²) in [5.74, 6) is 0. The molecule has 0 N–H and O–H groups in total. The fourth-order valence-corrected chi connectivity index (χ4v) is 1.84. The summed E-state index contributed by atoms with van der Waals surface area (Å²) >= 11 is 0. The molecule has 0 unspecified atom stereocenters. The second-order valence-corrected chi connectivity index (χ2v) is 3.09. The molecule has 0 amide bonds. The monoisotopic (exact) mass is 280 g/mol. The van der Waals surface area contributed by atoms with Crippen molar-refractivity contribution < 1.29 is 0 Å². The van der Waals surface area contributed by atoms with Crippen molar-refractivity contribution >= 4 is 24.0 Å². The van der Waals surface area contributed by atoms with E-state index in [1.54, 1.807) is 0 Å². The summed E-state index contributed by atoms with van der Waals surface area (Å²) in [6, 6.07) is 17.1. The molecule has 0 heterocycles. The van der Waals surface area contributed by atoms with Crippen LogP contribution in [0.2, 0.25) is 0 Å². The minimum absolute atomic E-state index is 0. The van der Waals surface area contributed by atoms with E-state index in [2.05, 4.69) is 48.5 Å². The van der Waals surface area contributed by atoms with Crippen molar-refractivity contribution in [1.82, 2.24) is 0 Å². The van der Waals surface area contributed by atoms with Crippen molar-refractivity contribution in [3.8, 4) is 22.3 Å². The van der Waals surface area contributed by atoms with E-state index in [1.807, 2.05) is 0 Å². The van der Waals surface area contributed by atoms with Crippen molar-refractivity contribution in [2.45, 2.75) is 0 Å². The maximum absolute atomic E-state index is 2.18. The van der Waals surface area contributed by atoms with Crippen molar-refractivity contribution in [2.75, 3.05) is 0 Å². The first kappa shape index (κ1) is 8.75. The second-order valence-electron chi connectivity index (χ2n) is 3.09. The molecule has 3 rings (SSSR count). The van der Waals surface area contributed by atoms with Crippen LogP contribution in [0.5, 0.6) is 0 Å². The number of hydrogen-bond donors (Lipinski definition) is 0. The molecule has 13 heavy (non-hydrogen) atoms. The number of fused-ring (bicyclic) bond motifs is 4.